The molecular formula is C20H18N6O2. The van der Waals surface area contributed by atoms with E-state index in [1.165, 1.54) is 6.07 Å². The van der Waals surface area contributed by atoms with Crippen LogP contribution in [0.5, 0.6) is 0 Å². The Kier molecular flexibility index (Phi) is 4.67. The Hall–Kier alpha value is -3.81. The van der Waals surface area contributed by atoms with Crippen molar-refractivity contribution in [3.05, 3.63) is 76.5 Å². The zero-order valence-electron chi connectivity index (χ0n) is 15.4. The third-order valence-electron chi connectivity index (χ3n) is 4.27. The van der Waals surface area contributed by atoms with Gasteiger partial charge in [0.05, 0.1) is 34.9 Å². The summed E-state index contributed by atoms with van der Waals surface area (Å²) in [6.45, 7) is 4.03. The fourth-order valence-electron chi connectivity index (χ4n) is 2.92. The Balaban J connectivity index is 1.61. The van der Waals surface area contributed by atoms with Gasteiger partial charge in [-0.05, 0) is 43.7 Å². The molecule has 8 heteroatoms. The summed E-state index contributed by atoms with van der Waals surface area (Å²) >= 11 is 0. The second kappa shape index (κ2) is 7.43. The number of aryl methyl sites for hydroxylation is 1. The summed E-state index contributed by atoms with van der Waals surface area (Å²) in [5, 5.41) is 5.84. The van der Waals surface area contributed by atoms with Crippen molar-refractivity contribution in [3.63, 3.8) is 0 Å². The highest BCUT2D eigenvalue weighted by molar-refractivity contribution is 5.61. The zero-order chi connectivity index (χ0) is 19.5. The van der Waals surface area contributed by atoms with Gasteiger partial charge in [-0.2, -0.15) is 0 Å². The van der Waals surface area contributed by atoms with Crippen LogP contribution in [0.15, 0.2) is 64.2 Å². The largest absolute Gasteiger partial charge is 0.357 e. The molecule has 0 radical (unpaired) electrons. The molecule has 4 aromatic heterocycles. The molecule has 0 saturated carbocycles. The Morgan fingerprint density at radius 1 is 1.00 bits per heavy atom. The van der Waals surface area contributed by atoms with Crippen molar-refractivity contribution in [3.8, 4) is 22.8 Å². The molecular weight excluding hydrogens is 356 g/mol. The molecule has 0 aliphatic rings. The SMILES string of the molecule is Cc1cccnc1[C@H](C)Nc1nccc(-c2cccc(-c3cc(=O)o[nH]3)n2)n1. The molecule has 1 atom stereocenters. The van der Waals surface area contributed by atoms with E-state index in [1.807, 2.05) is 38.1 Å². The van der Waals surface area contributed by atoms with Gasteiger partial charge in [-0.15, -0.1) is 0 Å². The molecule has 4 heterocycles. The van der Waals surface area contributed by atoms with Gasteiger partial charge in [0.2, 0.25) is 5.95 Å². The van der Waals surface area contributed by atoms with Crippen molar-refractivity contribution in [2.45, 2.75) is 19.9 Å². The molecule has 0 amide bonds. The topological polar surface area (TPSA) is 110 Å². The van der Waals surface area contributed by atoms with Crippen molar-refractivity contribution in [2.24, 2.45) is 0 Å². The van der Waals surface area contributed by atoms with Crippen LogP contribution in [-0.4, -0.2) is 25.1 Å². The fourth-order valence-corrected chi connectivity index (χ4v) is 2.92. The number of rotatable bonds is 5. The lowest BCUT2D eigenvalue weighted by Gasteiger charge is -2.15. The van der Waals surface area contributed by atoms with E-state index in [-0.39, 0.29) is 6.04 Å². The lowest BCUT2D eigenvalue weighted by Crippen LogP contribution is -2.12. The summed E-state index contributed by atoms with van der Waals surface area (Å²) in [6, 6.07) is 12.5. The van der Waals surface area contributed by atoms with E-state index >= 15 is 0 Å². The number of hydrogen-bond donors (Lipinski definition) is 2. The monoisotopic (exact) mass is 374 g/mol. The van der Waals surface area contributed by atoms with E-state index in [4.69, 9.17) is 4.52 Å². The summed E-state index contributed by atoms with van der Waals surface area (Å²) in [5.74, 6) is 0.485. The quantitative estimate of drug-likeness (QED) is 0.551. The van der Waals surface area contributed by atoms with Crippen LogP contribution < -0.4 is 10.9 Å². The van der Waals surface area contributed by atoms with Gasteiger partial charge >= 0.3 is 5.63 Å². The molecule has 28 heavy (non-hydrogen) atoms. The number of hydrogen-bond acceptors (Lipinski definition) is 7. The van der Waals surface area contributed by atoms with Gasteiger partial charge in [-0.1, -0.05) is 12.1 Å². The number of aromatic nitrogens is 5. The number of nitrogens with one attached hydrogen (secondary N) is 2. The van der Waals surface area contributed by atoms with Crippen LogP contribution in [0, 0.1) is 6.92 Å². The molecule has 4 aromatic rings. The third-order valence-corrected chi connectivity index (χ3v) is 4.27. The first-order chi connectivity index (χ1) is 13.6. The molecule has 140 valence electrons. The van der Waals surface area contributed by atoms with Crippen molar-refractivity contribution in [1.82, 2.24) is 25.1 Å². The second-order valence-corrected chi connectivity index (χ2v) is 6.33. The van der Waals surface area contributed by atoms with Crippen LogP contribution >= 0.6 is 0 Å². The Bertz CT molecular complexity index is 1170. The van der Waals surface area contributed by atoms with Gasteiger partial charge in [0, 0.05) is 12.4 Å². The highest BCUT2D eigenvalue weighted by Crippen LogP contribution is 2.22. The van der Waals surface area contributed by atoms with E-state index in [2.05, 4.69) is 30.4 Å². The summed E-state index contributed by atoms with van der Waals surface area (Å²) in [7, 11) is 0. The maximum atomic E-state index is 11.2. The number of anilines is 1. The number of nitrogens with zero attached hydrogens (tertiary/aromatic N) is 4. The van der Waals surface area contributed by atoms with Crippen LogP contribution in [0.4, 0.5) is 5.95 Å². The van der Waals surface area contributed by atoms with E-state index in [9.17, 15) is 4.79 Å². The first kappa shape index (κ1) is 17.6. The highest BCUT2D eigenvalue weighted by Gasteiger charge is 2.12. The van der Waals surface area contributed by atoms with Gasteiger partial charge in [0.1, 0.15) is 5.69 Å². The maximum Gasteiger partial charge on any atom is 0.357 e. The first-order valence-corrected chi connectivity index (χ1v) is 8.77. The predicted octanol–water partition coefficient (Wildman–Crippen LogP) is 3.36. The van der Waals surface area contributed by atoms with E-state index in [1.54, 1.807) is 24.5 Å². The Morgan fingerprint density at radius 2 is 1.82 bits per heavy atom. The molecule has 2 N–H and O–H groups in total. The molecule has 8 nitrogen and oxygen atoms in total. The minimum atomic E-state index is -0.450. The minimum Gasteiger partial charge on any atom is -0.346 e. The first-order valence-electron chi connectivity index (χ1n) is 8.77. The highest BCUT2D eigenvalue weighted by atomic mass is 16.5. The van der Waals surface area contributed by atoms with E-state index in [0.717, 1.165) is 11.3 Å². The maximum absolute atomic E-state index is 11.2. The Labute approximate surface area is 160 Å². The third kappa shape index (κ3) is 3.66. The lowest BCUT2D eigenvalue weighted by molar-refractivity contribution is 0.393. The summed E-state index contributed by atoms with van der Waals surface area (Å²) in [5.41, 5.74) is 4.02. The standard InChI is InChI=1S/C20H18N6O2/c1-12-5-4-9-21-19(12)13(2)23-20-22-10-8-16(25-20)14-6-3-7-15(24-14)17-11-18(27)28-26-17/h3-11,13,26H,1-2H3,(H,22,23,25)/t13-/m0/s1. The van der Waals surface area contributed by atoms with Crippen LogP contribution in [0.3, 0.4) is 0 Å². The molecule has 0 fully saturated rings. The molecule has 0 bridgehead atoms. The van der Waals surface area contributed by atoms with Crippen LogP contribution in [0.25, 0.3) is 22.8 Å². The van der Waals surface area contributed by atoms with E-state index in [0.29, 0.717) is 28.7 Å². The summed E-state index contributed by atoms with van der Waals surface area (Å²) in [4.78, 5) is 29.1. The zero-order valence-corrected chi connectivity index (χ0v) is 15.4. The van der Waals surface area contributed by atoms with Gasteiger partial charge in [-0.3, -0.25) is 4.98 Å². The second-order valence-electron chi connectivity index (χ2n) is 6.33. The number of H-pyrrole nitrogens is 1. The van der Waals surface area contributed by atoms with Crippen LogP contribution in [0.2, 0.25) is 0 Å². The molecule has 0 unspecified atom stereocenters. The Morgan fingerprint density at radius 3 is 2.61 bits per heavy atom. The van der Waals surface area contributed by atoms with Crippen molar-refractivity contribution < 1.29 is 4.52 Å². The lowest BCUT2D eigenvalue weighted by atomic mass is 10.1. The average Bonchev–Trinajstić information content (AvgIpc) is 3.15. The summed E-state index contributed by atoms with van der Waals surface area (Å²) < 4.78 is 4.72. The molecule has 0 aromatic carbocycles. The molecule has 0 aliphatic heterocycles. The normalized spacial score (nSPS) is 11.9. The molecule has 0 spiro atoms. The molecule has 0 saturated heterocycles. The van der Waals surface area contributed by atoms with Gasteiger partial charge < -0.3 is 9.84 Å². The molecule has 4 rings (SSSR count). The average molecular weight is 374 g/mol. The van der Waals surface area contributed by atoms with Crippen molar-refractivity contribution >= 4 is 5.95 Å². The van der Waals surface area contributed by atoms with Crippen molar-refractivity contribution in [1.29, 1.82) is 0 Å². The van der Waals surface area contributed by atoms with Crippen molar-refractivity contribution in [2.75, 3.05) is 5.32 Å². The summed E-state index contributed by atoms with van der Waals surface area (Å²) in [6.07, 6.45) is 3.45. The van der Waals surface area contributed by atoms with E-state index < -0.39 is 5.63 Å². The van der Waals surface area contributed by atoms with Gasteiger partial charge in [-0.25, -0.2) is 24.9 Å². The van der Waals surface area contributed by atoms with Gasteiger partial charge in [0.15, 0.2) is 0 Å². The van der Waals surface area contributed by atoms with Gasteiger partial charge in [0.25, 0.3) is 0 Å². The minimum absolute atomic E-state index is 0.0493. The van der Waals surface area contributed by atoms with Crippen LogP contribution in [-0.2, 0) is 0 Å². The fraction of sp³-hybridized carbons (Fsp3) is 0.150. The van der Waals surface area contributed by atoms with Crippen LogP contribution in [0.1, 0.15) is 24.2 Å². The smallest absolute Gasteiger partial charge is 0.346 e. The predicted molar refractivity (Wildman–Crippen MR) is 105 cm³/mol. The number of aromatic amines is 1. The number of pyridine rings is 2. The molecule has 0 aliphatic carbocycles.